The lowest BCUT2D eigenvalue weighted by Crippen LogP contribution is -2.26. The molecule has 0 aliphatic rings. The van der Waals surface area contributed by atoms with E-state index in [0.29, 0.717) is 6.54 Å². The van der Waals surface area contributed by atoms with Crippen molar-refractivity contribution in [2.24, 2.45) is 5.73 Å². The Morgan fingerprint density at radius 1 is 1.12 bits per heavy atom. The molecule has 2 N–H and O–H groups in total. The van der Waals surface area contributed by atoms with Crippen molar-refractivity contribution in [1.82, 2.24) is 0 Å². The molecule has 17 heavy (non-hydrogen) atoms. The molecular weight excluding hydrogens is 226 g/mol. The molecule has 0 unspecified atom stereocenters. The maximum absolute atomic E-state index is 5.82. The summed E-state index contributed by atoms with van der Waals surface area (Å²) in [5, 5.41) is 0. The molecule has 0 spiro atoms. The van der Waals surface area contributed by atoms with Gasteiger partial charge in [-0.05, 0) is 30.2 Å². The van der Waals surface area contributed by atoms with Crippen LogP contribution in [0.4, 0.5) is 0 Å². The average Bonchev–Trinajstić information content (AvgIpc) is 2.79. The SMILES string of the molecule is Cc1ccccc1-c1ccc(C(C)(C)CN)s1. The van der Waals surface area contributed by atoms with Gasteiger partial charge in [-0.1, -0.05) is 38.1 Å². The second-order valence-electron chi connectivity index (χ2n) is 5.07. The lowest BCUT2D eigenvalue weighted by atomic mass is 9.92. The van der Waals surface area contributed by atoms with Gasteiger partial charge in [0, 0.05) is 21.7 Å². The van der Waals surface area contributed by atoms with Crippen LogP contribution < -0.4 is 5.73 Å². The van der Waals surface area contributed by atoms with Crippen molar-refractivity contribution in [1.29, 1.82) is 0 Å². The zero-order valence-electron chi connectivity index (χ0n) is 10.7. The number of benzene rings is 1. The first-order chi connectivity index (χ1) is 8.04. The molecule has 2 heteroatoms. The Hall–Kier alpha value is -1.12. The summed E-state index contributed by atoms with van der Waals surface area (Å²) in [7, 11) is 0. The number of nitrogens with two attached hydrogens (primary N) is 1. The number of aryl methyl sites for hydroxylation is 1. The smallest absolute Gasteiger partial charge is 0.0348 e. The van der Waals surface area contributed by atoms with Crippen LogP contribution in [0.2, 0.25) is 0 Å². The summed E-state index contributed by atoms with van der Waals surface area (Å²) in [6.07, 6.45) is 0. The summed E-state index contributed by atoms with van der Waals surface area (Å²) in [6, 6.07) is 12.9. The predicted octanol–water partition coefficient (Wildman–Crippen LogP) is 3.96. The van der Waals surface area contributed by atoms with Gasteiger partial charge in [0.15, 0.2) is 0 Å². The van der Waals surface area contributed by atoms with Crippen molar-refractivity contribution in [2.45, 2.75) is 26.2 Å². The summed E-state index contributed by atoms with van der Waals surface area (Å²) in [4.78, 5) is 2.69. The van der Waals surface area contributed by atoms with E-state index < -0.39 is 0 Å². The Kier molecular flexibility index (Phi) is 3.36. The second-order valence-corrected chi connectivity index (χ2v) is 6.15. The van der Waals surface area contributed by atoms with E-state index >= 15 is 0 Å². The van der Waals surface area contributed by atoms with Crippen molar-refractivity contribution in [3.63, 3.8) is 0 Å². The first kappa shape index (κ1) is 12.3. The van der Waals surface area contributed by atoms with Crippen LogP contribution in [0.3, 0.4) is 0 Å². The van der Waals surface area contributed by atoms with E-state index in [1.165, 1.54) is 20.9 Å². The summed E-state index contributed by atoms with van der Waals surface area (Å²) in [6.45, 7) is 7.23. The third-order valence-corrected chi connectivity index (χ3v) is 4.68. The van der Waals surface area contributed by atoms with Gasteiger partial charge in [0.2, 0.25) is 0 Å². The molecule has 0 aliphatic carbocycles. The van der Waals surface area contributed by atoms with Crippen molar-refractivity contribution < 1.29 is 0 Å². The molecule has 2 rings (SSSR count). The Bertz CT molecular complexity index is 511. The fourth-order valence-corrected chi connectivity index (χ4v) is 3.00. The molecule has 0 saturated heterocycles. The van der Waals surface area contributed by atoms with Crippen LogP contribution in [-0.2, 0) is 5.41 Å². The van der Waals surface area contributed by atoms with Crippen LogP contribution in [0.15, 0.2) is 36.4 Å². The third kappa shape index (κ3) is 2.43. The normalized spacial score (nSPS) is 11.8. The summed E-state index contributed by atoms with van der Waals surface area (Å²) in [5.74, 6) is 0. The molecular formula is C15H19NS. The molecule has 0 aliphatic heterocycles. The maximum Gasteiger partial charge on any atom is 0.0348 e. The van der Waals surface area contributed by atoms with E-state index in [1.54, 1.807) is 0 Å². The highest BCUT2D eigenvalue weighted by Gasteiger charge is 2.21. The minimum absolute atomic E-state index is 0.0750. The van der Waals surface area contributed by atoms with Gasteiger partial charge in [0.05, 0.1) is 0 Å². The van der Waals surface area contributed by atoms with E-state index in [1.807, 2.05) is 11.3 Å². The zero-order chi connectivity index (χ0) is 12.5. The Morgan fingerprint density at radius 3 is 2.47 bits per heavy atom. The maximum atomic E-state index is 5.82. The van der Waals surface area contributed by atoms with E-state index in [0.717, 1.165) is 0 Å². The van der Waals surface area contributed by atoms with E-state index in [2.05, 4.69) is 57.2 Å². The molecule has 2 aromatic rings. The Balaban J connectivity index is 2.40. The fraction of sp³-hybridized carbons (Fsp3) is 0.333. The summed E-state index contributed by atoms with van der Waals surface area (Å²) >= 11 is 1.85. The van der Waals surface area contributed by atoms with Gasteiger partial charge in [-0.3, -0.25) is 0 Å². The quantitative estimate of drug-likeness (QED) is 0.870. The lowest BCUT2D eigenvalue weighted by Gasteiger charge is -2.20. The molecule has 90 valence electrons. The van der Waals surface area contributed by atoms with Gasteiger partial charge in [-0.25, -0.2) is 0 Å². The van der Waals surface area contributed by atoms with E-state index in [-0.39, 0.29) is 5.41 Å². The fourth-order valence-electron chi connectivity index (χ4n) is 1.80. The molecule has 0 amide bonds. The Labute approximate surface area is 107 Å². The molecule has 0 fully saturated rings. The van der Waals surface area contributed by atoms with Crippen LogP contribution in [0.1, 0.15) is 24.3 Å². The van der Waals surface area contributed by atoms with Crippen molar-refractivity contribution >= 4 is 11.3 Å². The standard InChI is InChI=1S/C15H19NS/c1-11-6-4-5-7-12(11)13-8-9-14(17-13)15(2,3)10-16/h4-9H,10,16H2,1-3H3. The van der Waals surface area contributed by atoms with Gasteiger partial charge >= 0.3 is 0 Å². The zero-order valence-corrected chi connectivity index (χ0v) is 11.5. The van der Waals surface area contributed by atoms with Gasteiger partial charge in [0.25, 0.3) is 0 Å². The Morgan fingerprint density at radius 2 is 1.82 bits per heavy atom. The molecule has 1 aromatic carbocycles. The second kappa shape index (κ2) is 4.63. The van der Waals surface area contributed by atoms with Crippen molar-refractivity contribution in [3.05, 3.63) is 46.8 Å². The first-order valence-corrected chi connectivity index (χ1v) is 6.72. The average molecular weight is 245 g/mol. The molecule has 1 aromatic heterocycles. The van der Waals surface area contributed by atoms with Gasteiger partial charge in [0.1, 0.15) is 0 Å². The third-order valence-electron chi connectivity index (χ3n) is 3.19. The van der Waals surface area contributed by atoms with Crippen molar-refractivity contribution in [3.8, 4) is 10.4 Å². The summed E-state index contributed by atoms with van der Waals surface area (Å²) < 4.78 is 0. The highest BCUT2D eigenvalue weighted by atomic mass is 32.1. The number of hydrogen-bond acceptors (Lipinski definition) is 2. The van der Waals surface area contributed by atoms with Crippen LogP contribution >= 0.6 is 11.3 Å². The molecule has 0 saturated carbocycles. The largest absolute Gasteiger partial charge is 0.330 e. The first-order valence-electron chi connectivity index (χ1n) is 5.91. The predicted molar refractivity (Wildman–Crippen MR) is 76.6 cm³/mol. The molecule has 0 atom stereocenters. The van der Waals surface area contributed by atoms with Crippen molar-refractivity contribution in [2.75, 3.05) is 6.54 Å². The summed E-state index contributed by atoms with van der Waals surface area (Å²) in [5.41, 5.74) is 8.55. The highest BCUT2D eigenvalue weighted by Crippen LogP contribution is 2.35. The van der Waals surface area contributed by atoms with E-state index in [4.69, 9.17) is 5.73 Å². The van der Waals surface area contributed by atoms with Crippen LogP contribution in [0.25, 0.3) is 10.4 Å². The topological polar surface area (TPSA) is 26.0 Å². The molecule has 1 heterocycles. The van der Waals surface area contributed by atoms with E-state index in [9.17, 15) is 0 Å². The monoisotopic (exact) mass is 245 g/mol. The molecule has 0 radical (unpaired) electrons. The number of rotatable bonds is 3. The highest BCUT2D eigenvalue weighted by molar-refractivity contribution is 7.15. The van der Waals surface area contributed by atoms with Crippen LogP contribution in [-0.4, -0.2) is 6.54 Å². The number of thiophene rings is 1. The van der Waals surface area contributed by atoms with Gasteiger partial charge < -0.3 is 5.73 Å². The van der Waals surface area contributed by atoms with Gasteiger partial charge in [-0.2, -0.15) is 0 Å². The minimum atomic E-state index is 0.0750. The number of hydrogen-bond donors (Lipinski definition) is 1. The molecule has 1 nitrogen and oxygen atoms in total. The minimum Gasteiger partial charge on any atom is -0.330 e. The van der Waals surface area contributed by atoms with Crippen LogP contribution in [0, 0.1) is 6.92 Å². The van der Waals surface area contributed by atoms with Crippen LogP contribution in [0.5, 0.6) is 0 Å². The van der Waals surface area contributed by atoms with Gasteiger partial charge in [-0.15, -0.1) is 11.3 Å². The lowest BCUT2D eigenvalue weighted by molar-refractivity contribution is 0.550. The molecule has 0 bridgehead atoms.